The summed E-state index contributed by atoms with van der Waals surface area (Å²) >= 11 is 7.43. The van der Waals surface area contributed by atoms with Crippen LogP contribution in [-0.4, -0.2) is 28.3 Å². The van der Waals surface area contributed by atoms with Gasteiger partial charge in [-0.05, 0) is 18.2 Å². The number of amides is 1. The lowest BCUT2D eigenvalue weighted by Gasteiger charge is -2.14. The summed E-state index contributed by atoms with van der Waals surface area (Å²) < 4.78 is 6.77. The molecule has 2 aromatic rings. The van der Waals surface area contributed by atoms with Crippen LogP contribution in [0.5, 0.6) is 5.75 Å². The van der Waals surface area contributed by atoms with Crippen LogP contribution in [0.3, 0.4) is 0 Å². The molecule has 8 heteroatoms. The molecule has 23 heavy (non-hydrogen) atoms. The molecule has 0 fully saturated rings. The van der Waals surface area contributed by atoms with Gasteiger partial charge in [-0.15, -0.1) is 0 Å². The van der Waals surface area contributed by atoms with Crippen molar-refractivity contribution < 1.29 is 9.53 Å². The molecule has 1 aromatic carbocycles. The first-order valence-corrected chi connectivity index (χ1v) is 8.28. The van der Waals surface area contributed by atoms with Crippen LogP contribution < -0.4 is 15.6 Å². The Morgan fingerprint density at radius 2 is 2.35 bits per heavy atom. The first-order valence-electron chi connectivity index (χ1n) is 6.92. The van der Waals surface area contributed by atoms with E-state index in [1.165, 1.54) is 31.1 Å². The van der Waals surface area contributed by atoms with Crippen LogP contribution in [0.15, 0.2) is 40.4 Å². The zero-order chi connectivity index (χ0) is 16.4. The van der Waals surface area contributed by atoms with Gasteiger partial charge in [0.15, 0.2) is 5.16 Å². The lowest BCUT2D eigenvalue weighted by molar-refractivity contribution is -0.116. The number of anilines is 1. The number of rotatable bonds is 4. The first kappa shape index (κ1) is 15.9. The maximum absolute atomic E-state index is 12.3. The summed E-state index contributed by atoms with van der Waals surface area (Å²) in [6.07, 6.45) is 1.67. The van der Waals surface area contributed by atoms with Crippen molar-refractivity contribution in [3.8, 4) is 5.75 Å². The van der Waals surface area contributed by atoms with E-state index < -0.39 is 0 Å². The zero-order valence-corrected chi connectivity index (χ0v) is 13.9. The quantitative estimate of drug-likeness (QED) is 0.857. The molecule has 0 saturated carbocycles. The number of fused-ring (bicyclic) bond motifs is 1. The Labute approximate surface area is 141 Å². The van der Waals surface area contributed by atoms with Gasteiger partial charge in [-0.1, -0.05) is 23.4 Å². The molecule has 3 rings (SSSR count). The Hall–Kier alpha value is -1.99. The number of carbonyl (C=O) groups is 1. The molecule has 120 valence electrons. The zero-order valence-electron chi connectivity index (χ0n) is 12.3. The number of nitrogens with zero attached hydrogens (tertiary/aromatic N) is 2. The third-order valence-electron chi connectivity index (χ3n) is 3.47. The van der Waals surface area contributed by atoms with E-state index in [-0.39, 0.29) is 23.9 Å². The first-order chi connectivity index (χ1) is 11.1. The topological polar surface area (TPSA) is 73.2 Å². The summed E-state index contributed by atoms with van der Waals surface area (Å²) in [6, 6.07) is 6.20. The minimum absolute atomic E-state index is 0.141. The Bertz CT molecular complexity index is 809. The van der Waals surface area contributed by atoms with Gasteiger partial charge in [0, 0.05) is 29.5 Å². The number of hydrogen-bond donors (Lipinski definition) is 1. The number of aromatic nitrogens is 2. The minimum atomic E-state index is -0.209. The Morgan fingerprint density at radius 3 is 3.13 bits per heavy atom. The smallest absolute Gasteiger partial charge is 0.254 e. The van der Waals surface area contributed by atoms with Crippen molar-refractivity contribution in [2.75, 3.05) is 18.2 Å². The number of ether oxygens (including phenoxy) is 1. The van der Waals surface area contributed by atoms with E-state index in [1.807, 2.05) is 0 Å². The monoisotopic (exact) mass is 351 g/mol. The standard InChI is InChI=1S/C15H14ClN3O3S/c1-22-12-3-2-9(16)6-11(12)18-13(20)7-10-8-23-15-17-5-4-14(21)19(10)15/h2-6,10H,7-8H2,1H3,(H,18,20)/t10-/m0/s1. The lowest BCUT2D eigenvalue weighted by Crippen LogP contribution is -2.26. The second-order valence-corrected chi connectivity index (χ2v) is 6.42. The molecule has 0 saturated heterocycles. The highest BCUT2D eigenvalue weighted by Gasteiger charge is 2.27. The molecule has 0 aliphatic carbocycles. The molecule has 1 amide bonds. The van der Waals surface area contributed by atoms with Crippen molar-refractivity contribution >= 4 is 35.0 Å². The molecule has 0 spiro atoms. The van der Waals surface area contributed by atoms with Gasteiger partial charge in [0.25, 0.3) is 5.56 Å². The maximum Gasteiger partial charge on any atom is 0.254 e. The van der Waals surface area contributed by atoms with Gasteiger partial charge in [0.2, 0.25) is 5.91 Å². The van der Waals surface area contributed by atoms with Crippen molar-refractivity contribution in [3.05, 3.63) is 45.8 Å². The lowest BCUT2D eigenvalue weighted by atomic mass is 10.2. The van der Waals surface area contributed by atoms with Crippen molar-refractivity contribution in [1.29, 1.82) is 0 Å². The maximum atomic E-state index is 12.3. The van der Waals surface area contributed by atoms with Crippen LogP contribution >= 0.6 is 23.4 Å². The van der Waals surface area contributed by atoms with Crippen LogP contribution in [-0.2, 0) is 4.79 Å². The van der Waals surface area contributed by atoms with Gasteiger partial charge in [0.1, 0.15) is 5.75 Å². The molecule has 0 bridgehead atoms. The number of methoxy groups -OCH3 is 1. The molecular weight excluding hydrogens is 338 g/mol. The van der Waals surface area contributed by atoms with Gasteiger partial charge in [-0.2, -0.15) is 0 Å². The number of thioether (sulfide) groups is 1. The highest BCUT2D eigenvalue weighted by molar-refractivity contribution is 7.99. The van der Waals surface area contributed by atoms with E-state index in [1.54, 1.807) is 22.8 Å². The van der Waals surface area contributed by atoms with E-state index in [4.69, 9.17) is 16.3 Å². The van der Waals surface area contributed by atoms with Gasteiger partial charge in [-0.3, -0.25) is 14.2 Å². The molecule has 1 aliphatic heterocycles. The molecule has 0 radical (unpaired) electrons. The van der Waals surface area contributed by atoms with Crippen LogP contribution in [0.2, 0.25) is 5.02 Å². The fourth-order valence-corrected chi connectivity index (χ4v) is 3.73. The molecule has 6 nitrogen and oxygen atoms in total. The third-order valence-corrected chi connectivity index (χ3v) is 4.82. The number of nitrogens with one attached hydrogen (secondary N) is 1. The number of halogens is 1. The fraction of sp³-hybridized carbons (Fsp3) is 0.267. The molecule has 1 atom stereocenters. The minimum Gasteiger partial charge on any atom is -0.495 e. The van der Waals surface area contributed by atoms with E-state index in [0.29, 0.717) is 27.4 Å². The SMILES string of the molecule is COc1ccc(Cl)cc1NC(=O)C[C@H]1CSc2nccc(=O)n21. The highest BCUT2D eigenvalue weighted by Crippen LogP contribution is 2.32. The van der Waals surface area contributed by atoms with Gasteiger partial charge in [0.05, 0.1) is 18.8 Å². The summed E-state index contributed by atoms with van der Waals surface area (Å²) in [7, 11) is 1.52. The third kappa shape index (κ3) is 3.35. The largest absolute Gasteiger partial charge is 0.495 e. The van der Waals surface area contributed by atoms with E-state index >= 15 is 0 Å². The van der Waals surface area contributed by atoms with Crippen LogP contribution in [0, 0.1) is 0 Å². The van der Waals surface area contributed by atoms with Gasteiger partial charge >= 0.3 is 0 Å². The van der Waals surface area contributed by atoms with Crippen molar-refractivity contribution in [2.24, 2.45) is 0 Å². The molecule has 0 unspecified atom stereocenters. The Balaban J connectivity index is 1.75. The molecule has 1 aromatic heterocycles. The van der Waals surface area contributed by atoms with E-state index in [2.05, 4.69) is 10.3 Å². The average molecular weight is 352 g/mol. The van der Waals surface area contributed by atoms with Gasteiger partial charge in [-0.25, -0.2) is 4.98 Å². The average Bonchev–Trinajstić information content (AvgIpc) is 2.92. The summed E-state index contributed by atoms with van der Waals surface area (Å²) in [4.78, 5) is 28.4. The van der Waals surface area contributed by atoms with E-state index in [9.17, 15) is 9.59 Å². The molecule has 1 N–H and O–H groups in total. The normalized spacial score (nSPS) is 16.0. The summed E-state index contributed by atoms with van der Waals surface area (Å²) in [5.41, 5.74) is 0.368. The number of carbonyl (C=O) groups excluding carboxylic acids is 1. The molecule has 2 heterocycles. The Morgan fingerprint density at radius 1 is 1.52 bits per heavy atom. The fourth-order valence-electron chi connectivity index (χ4n) is 2.43. The molecular formula is C15H14ClN3O3S. The number of benzene rings is 1. The predicted octanol–water partition coefficient (Wildman–Crippen LogP) is 2.58. The van der Waals surface area contributed by atoms with Crippen LogP contribution in [0.1, 0.15) is 12.5 Å². The number of hydrogen-bond acceptors (Lipinski definition) is 5. The van der Waals surface area contributed by atoms with Crippen molar-refractivity contribution in [3.63, 3.8) is 0 Å². The van der Waals surface area contributed by atoms with Crippen molar-refractivity contribution in [1.82, 2.24) is 9.55 Å². The van der Waals surface area contributed by atoms with Crippen molar-refractivity contribution in [2.45, 2.75) is 17.6 Å². The highest BCUT2D eigenvalue weighted by atomic mass is 35.5. The summed E-state index contributed by atoms with van der Waals surface area (Å²) in [5.74, 6) is 0.967. The second-order valence-electron chi connectivity index (χ2n) is 5.00. The van der Waals surface area contributed by atoms with Crippen LogP contribution in [0.25, 0.3) is 0 Å². The summed E-state index contributed by atoms with van der Waals surface area (Å²) in [5, 5.41) is 3.94. The summed E-state index contributed by atoms with van der Waals surface area (Å²) in [6.45, 7) is 0. The van der Waals surface area contributed by atoms with E-state index in [0.717, 1.165) is 0 Å². The molecule has 1 aliphatic rings. The second kappa shape index (κ2) is 6.64. The van der Waals surface area contributed by atoms with Crippen LogP contribution in [0.4, 0.5) is 5.69 Å². The predicted molar refractivity (Wildman–Crippen MR) is 89.5 cm³/mol. The van der Waals surface area contributed by atoms with Gasteiger partial charge < -0.3 is 10.1 Å². The Kier molecular flexibility index (Phi) is 4.58.